The number of nitrogens with one attached hydrogen (secondary N) is 1. The molecule has 0 aliphatic carbocycles. The number of aromatic nitrogens is 2. The van der Waals surface area contributed by atoms with Gasteiger partial charge in [0.1, 0.15) is 11.9 Å². The number of anilines is 2. The van der Waals surface area contributed by atoms with E-state index in [4.69, 9.17) is 4.74 Å². The molecular formula is C13H15F3N4O2. The highest BCUT2D eigenvalue weighted by molar-refractivity contribution is 5.47. The summed E-state index contributed by atoms with van der Waals surface area (Å²) in [4.78, 5) is 18.4. The van der Waals surface area contributed by atoms with E-state index in [9.17, 15) is 18.0 Å². The van der Waals surface area contributed by atoms with Crippen LogP contribution in [0.15, 0.2) is 10.9 Å². The molecule has 0 radical (unpaired) electrons. The lowest BCUT2D eigenvalue weighted by Gasteiger charge is -2.31. The minimum atomic E-state index is -4.35. The highest BCUT2D eigenvalue weighted by atomic mass is 19.4. The van der Waals surface area contributed by atoms with E-state index in [1.165, 1.54) is 10.6 Å². The molecular weight excluding hydrogens is 301 g/mol. The fraction of sp³-hybridized carbons (Fsp3) is 0.692. The minimum absolute atomic E-state index is 0.000216. The molecule has 0 saturated carbocycles. The van der Waals surface area contributed by atoms with Crippen molar-refractivity contribution in [2.45, 2.75) is 43.8 Å². The first kappa shape index (κ1) is 13.9. The number of fused-ring (bicyclic) bond motifs is 3. The Hall–Kier alpha value is -1.77. The summed E-state index contributed by atoms with van der Waals surface area (Å²) in [5.41, 5.74) is -0.322. The van der Waals surface area contributed by atoms with Crippen LogP contribution in [-0.2, 0) is 11.3 Å². The first-order valence-electron chi connectivity index (χ1n) is 7.25. The van der Waals surface area contributed by atoms with Gasteiger partial charge >= 0.3 is 6.18 Å². The van der Waals surface area contributed by atoms with Crippen LogP contribution in [0.1, 0.15) is 12.8 Å². The molecule has 6 nitrogen and oxygen atoms in total. The molecule has 0 amide bonds. The van der Waals surface area contributed by atoms with E-state index < -0.39 is 12.2 Å². The molecule has 3 atom stereocenters. The zero-order valence-electron chi connectivity index (χ0n) is 11.6. The van der Waals surface area contributed by atoms with Gasteiger partial charge in [-0.3, -0.25) is 9.36 Å². The quantitative estimate of drug-likeness (QED) is 0.836. The van der Waals surface area contributed by atoms with Crippen molar-refractivity contribution in [1.82, 2.24) is 9.55 Å². The molecule has 3 aliphatic heterocycles. The number of hydrogen-bond donors (Lipinski definition) is 1. The van der Waals surface area contributed by atoms with Crippen LogP contribution < -0.4 is 15.8 Å². The van der Waals surface area contributed by atoms with E-state index in [-0.39, 0.29) is 36.6 Å². The van der Waals surface area contributed by atoms with Gasteiger partial charge in [0.2, 0.25) is 5.95 Å². The van der Waals surface area contributed by atoms with Crippen LogP contribution in [0.4, 0.5) is 24.9 Å². The largest absolute Gasteiger partial charge is 0.408 e. The first-order valence-corrected chi connectivity index (χ1v) is 7.25. The second kappa shape index (κ2) is 4.61. The summed E-state index contributed by atoms with van der Waals surface area (Å²) in [5, 5.41) is 2.35. The lowest BCUT2D eigenvalue weighted by Crippen LogP contribution is -2.45. The van der Waals surface area contributed by atoms with E-state index in [0.717, 1.165) is 6.42 Å². The first-order chi connectivity index (χ1) is 10.4. The monoisotopic (exact) mass is 316 g/mol. The minimum Gasteiger partial charge on any atom is -0.374 e. The third kappa shape index (κ3) is 2.15. The lowest BCUT2D eigenvalue weighted by atomic mass is 10.1. The second-order valence-corrected chi connectivity index (χ2v) is 5.95. The van der Waals surface area contributed by atoms with Crippen LogP contribution >= 0.6 is 0 Å². The van der Waals surface area contributed by atoms with Crippen LogP contribution in [0.25, 0.3) is 0 Å². The summed E-state index contributed by atoms with van der Waals surface area (Å²) in [6, 6.07) is -0.102. The van der Waals surface area contributed by atoms with Crippen molar-refractivity contribution < 1.29 is 17.9 Å². The van der Waals surface area contributed by atoms with Crippen LogP contribution in [-0.4, -0.2) is 47.1 Å². The third-order valence-electron chi connectivity index (χ3n) is 4.53. The molecule has 22 heavy (non-hydrogen) atoms. The van der Waals surface area contributed by atoms with Crippen LogP contribution in [0.2, 0.25) is 0 Å². The predicted octanol–water partition coefficient (Wildman–Crippen LogP) is 0.967. The molecule has 1 aromatic rings. The number of alkyl halides is 3. The van der Waals surface area contributed by atoms with Crippen molar-refractivity contribution >= 4 is 11.8 Å². The standard InChI is InChI=1S/C13H15F3N4O2/c14-13(15,16)9-1-2-19-11(21)4-10(18-12(19)17-9)20-5-8-3-7(20)6-22-8/h4,7-9H,1-3,5-6H2,(H,17,18)/t7-,8-,9-/m0/s1. The maximum absolute atomic E-state index is 12.9. The number of hydrogen-bond acceptors (Lipinski definition) is 5. The van der Waals surface area contributed by atoms with E-state index in [1.54, 1.807) is 0 Å². The van der Waals surface area contributed by atoms with Crippen LogP contribution in [0.5, 0.6) is 0 Å². The Morgan fingerprint density at radius 1 is 1.41 bits per heavy atom. The zero-order chi connectivity index (χ0) is 15.5. The molecule has 0 spiro atoms. The van der Waals surface area contributed by atoms with E-state index in [2.05, 4.69) is 10.3 Å². The van der Waals surface area contributed by atoms with Gasteiger partial charge in [-0.05, 0) is 12.8 Å². The van der Waals surface area contributed by atoms with Crippen molar-refractivity contribution in [3.63, 3.8) is 0 Å². The van der Waals surface area contributed by atoms with Crippen molar-refractivity contribution in [3.05, 3.63) is 16.4 Å². The lowest BCUT2D eigenvalue weighted by molar-refractivity contribution is -0.145. The van der Waals surface area contributed by atoms with Gasteiger partial charge in [0.25, 0.3) is 5.56 Å². The average molecular weight is 316 g/mol. The average Bonchev–Trinajstić information content (AvgIpc) is 3.08. The number of rotatable bonds is 1. The summed E-state index contributed by atoms with van der Waals surface area (Å²) in [5.74, 6) is 0.433. The normalized spacial score (nSPS) is 30.3. The molecule has 2 saturated heterocycles. The second-order valence-electron chi connectivity index (χ2n) is 5.95. The Morgan fingerprint density at radius 3 is 2.86 bits per heavy atom. The van der Waals surface area contributed by atoms with E-state index in [0.29, 0.717) is 19.0 Å². The molecule has 2 fully saturated rings. The Balaban J connectivity index is 1.67. The van der Waals surface area contributed by atoms with Gasteiger partial charge in [-0.1, -0.05) is 0 Å². The van der Waals surface area contributed by atoms with Crippen molar-refractivity contribution in [2.24, 2.45) is 0 Å². The number of ether oxygens (including phenoxy) is 1. The van der Waals surface area contributed by atoms with Gasteiger partial charge < -0.3 is 15.0 Å². The topological polar surface area (TPSA) is 59.4 Å². The third-order valence-corrected chi connectivity index (χ3v) is 4.53. The maximum atomic E-state index is 12.9. The van der Waals surface area contributed by atoms with Crippen molar-refractivity contribution in [3.8, 4) is 0 Å². The van der Waals surface area contributed by atoms with Gasteiger partial charge in [0, 0.05) is 19.2 Å². The Kier molecular flexibility index (Phi) is 2.91. The summed E-state index contributed by atoms with van der Waals surface area (Å²) in [7, 11) is 0. The summed E-state index contributed by atoms with van der Waals surface area (Å²) in [6.07, 6.45) is -3.51. The SMILES string of the molecule is O=c1cc(N2C[C@@H]3C[C@H]2CO3)nc2n1CC[C@@H](C(F)(F)F)N2. The smallest absolute Gasteiger partial charge is 0.374 e. The Labute approximate surface area is 123 Å². The van der Waals surface area contributed by atoms with Gasteiger partial charge in [0.05, 0.1) is 18.8 Å². The highest BCUT2D eigenvalue weighted by Gasteiger charge is 2.43. The molecule has 4 heterocycles. The molecule has 1 aromatic heterocycles. The van der Waals surface area contributed by atoms with E-state index in [1.807, 2.05) is 4.90 Å². The van der Waals surface area contributed by atoms with Gasteiger partial charge in [-0.2, -0.15) is 18.2 Å². The molecule has 2 bridgehead atoms. The number of nitrogens with zero attached hydrogens (tertiary/aromatic N) is 3. The molecule has 9 heteroatoms. The molecule has 3 aliphatic rings. The van der Waals surface area contributed by atoms with Crippen molar-refractivity contribution in [2.75, 3.05) is 23.4 Å². The van der Waals surface area contributed by atoms with Gasteiger partial charge in [-0.25, -0.2) is 0 Å². The van der Waals surface area contributed by atoms with Crippen molar-refractivity contribution in [1.29, 1.82) is 0 Å². The molecule has 0 aromatic carbocycles. The zero-order valence-corrected chi connectivity index (χ0v) is 11.6. The Bertz CT molecular complexity index is 660. The molecule has 0 unspecified atom stereocenters. The summed E-state index contributed by atoms with van der Waals surface area (Å²) in [6.45, 7) is 1.22. The summed E-state index contributed by atoms with van der Waals surface area (Å²) < 4.78 is 45.3. The number of halogens is 3. The number of morpholine rings is 1. The van der Waals surface area contributed by atoms with Gasteiger partial charge in [-0.15, -0.1) is 0 Å². The predicted molar refractivity (Wildman–Crippen MR) is 72.1 cm³/mol. The fourth-order valence-corrected chi connectivity index (χ4v) is 3.38. The van der Waals surface area contributed by atoms with Gasteiger partial charge in [0.15, 0.2) is 0 Å². The van der Waals surface area contributed by atoms with Crippen LogP contribution in [0.3, 0.4) is 0 Å². The van der Waals surface area contributed by atoms with E-state index >= 15 is 0 Å². The Morgan fingerprint density at radius 2 is 2.23 bits per heavy atom. The molecule has 120 valence electrons. The summed E-state index contributed by atoms with van der Waals surface area (Å²) >= 11 is 0. The molecule has 1 N–H and O–H groups in total. The maximum Gasteiger partial charge on any atom is 0.408 e. The highest BCUT2D eigenvalue weighted by Crippen LogP contribution is 2.33. The van der Waals surface area contributed by atoms with Crippen LogP contribution in [0, 0.1) is 0 Å². The molecule has 4 rings (SSSR count). The fourth-order valence-electron chi connectivity index (χ4n) is 3.38.